The first-order chi connectivity index (χ1) is 10.8. The predicted molar refractivity (Wildman–Crippen MR) is 81.7 cm³/mol. The summed E-state index contributed by atoms with van der Waals surface area (Å²) in [6.45, 7) is 4.33. The standard InChI is InChI=1S/C15H28N2O6/c1-15(2)22-12-7-11(21-14(12)23-15)10(18)8-17-9(13(19)20)5-3-4-6-16/h9-12,14,17-18H,3-8,16H2,1-2H3,(H,19,20)/t9-,10+,11-,12+,14+/m0/s1. The SMILES string of the molecule is CC1(C)O[C@H]2O[C@H]([C@H](O)CN[C@@H](CCCCN)C(=O)O)C[C@H]2O1. The van der Waals surface area contributed by atoms with Gasteiger partial charge in [0, 0.05) is 13.0 Å². The zero-order chi connectivity index (χ0) is 17.0. The average molecular weight is 332 g/mol. The average Bonchev–Trinajstić information content (AvgIpc) is 2.95. The third-order valence-corrected chi connectivity index (χ3v) is 4.16. The Morgan fingerprint density at radius 2 is 2.13 bits per heavy atom. The van der Waals surface area contributed by atoms with Crippen LogP contribution in [0.25, 0.3) is 0 Å². The largest absolute Gasteiger partial charge is 0.480 e. The van der Waals surface area contributed by atoms with E-state index in [1.165, 1.54) is 0 Å². The summed E-state index contributed by atoms with van der Waals surface area (Å²) >= 11 is 0. The molecule has 5 atom stereocenters. The third-order valence-electron chi connectivity index (χ3n) is 4.16. The van der Waals surface area contributed by atoms with E-state index in [4.69, 9.17) is 19.9 Å². The van der Waals surface area contributed by atoms with Crippen LogP contribution in [0.2, 0.25) is 0 Å². The van der Waals surface area contributed by atoms with Gasteiger partial charge in [0.2, 0.25) is 0 Å². The molecule has 8 nitrogen and oxygen atoms in total. The lowest BCUT2D eigenvalue weighted by Gasteiger charge is -2.24. The molecule has 5 N–H and O–H groups in total. The van der Waals surface area contributed by atoms with Crippen LogP contribution >= 0.6 is 0 Å². The molecule has 0 spiro atoms. The van der Waals surface area contributed by atoms with Crippen molar-refractivity contribution in [3.05, 3.63) is 0 Å². The van der Waals surface area contributed by atoms with E-state index in [1.807, 2.05) is 13.8 Å². The molecule has 0 amide bonds. The number of unbranched alkanes of at least 4 members (excludes halogenated alkanes) is 1. The van der Waals surface area contributed by atoms with Crippen LogP contribution in [-0.4, -0.2) is 65.7 Å². The fourth-order valence-corrected chi connectivity index (χ4v) is 2.98. The fourth-order valence-electron chi connectivity index (χ4n) is 2.98. The molecule has 2 aliphatic heterocycles. The monoisotopic (exact) mass is 332 g/mol. The van der Waals surface area contributed by atoms with E-state index in [0.717, 1.165) is 12.8 Å². The van der Waals surface area contributed by atoms with E-state index in [2.05, 4.69) is 5.32 Å². The number of aliphatic hydroxyl groups is 1. The molecule has 0 bridgehead atoms. The maximum absolute atomic E-state index is 11.2. The molecule has 2 rings (SSSR count). The van der Waals surface area contributed by atoms with Gasteiger partial charge in [-0.2, -0.15) is 0 Å². The Kier molecular flexibility index (Phi) is 6.35. The van der Waals surface area contributed by atoms with Gasteiger partial charge in [0.1, 0.15) is 12.1 Å². The minimum absolute atomic E-state index is 0.146. The van der Waals surface area contributed by atoms with Crippen molar-refractivity contribution in [3.8, 4) is 0 Å². The highest BCUT2D eigenvalue weighted by Gasteiger charge is 2.49. The normalized spacial score (nSPS) is 31.7. The summed E-state index contributed by atoms with van der Waals surface area (Å²) < 4.78 is 17.0. The lowest BCUT2D eigenvalue weighted by Crippen LogP contribution is -2.44. The molecule has 0 aliphatic carbocycles. The van der Waals surface area contributed by atoms with Gasteiger partial charge in [0.15, 0.2) is 12.1 Å². The molecule has 2 aliphatic rings. The van der Waals surface area contributed by atoms with Crippen molar-refractivity contribution in [2.75, 3.05) is 13.1 Å². The number of carboxylic acid groups (broad SMARTS) is 1. The molecule has 0 aromatic rings. The summed E-state index contributed by atoms with van der Waals surface area (Å²) in [5.41, 5.74) is 5.41. The van der Waals surface area contributed by atoms with Crippen LogP contribution in [0, 0.1) is 0 Å². The molecule has 2 saturated heterocycles. The van der Waals surface area contributed by atoms with Crippen LogP contribution in [0.15, 0.2) is 0 Å². The quantitative estimate of drug-likeness (QED) is 0.428. The highest BCUT2D eigenvalue weighted by Crippen LogP contribution is 2.37. The number of aliphatic hydroxyl groups excluding tert-OH is 1. The smallest absolute Gasteiger partial charge is 0.320 e. The van der Waals surface area contributed by atoms with Gasteiger partial charge in [-0.3, -0.25) is 4.79 Å². The number of carbonyl (C=O) groups is 1. The Morgan fingerprint density at radius 1 is 1.39 bits per heavy atom. The Labute approximate surface area is 136 Å². The number of hydrogen-bond acceptors (Lipinski definition) is 7. The van der Waals surface area contributed by atoms with Crippen molar-refractivity contribution in [3.63, 3.8) is 0 Å². The molecule has 2 fully saturated rings. The zero-order valence-corrected chi connectivity index (χ0v) is 13.7. The van der Waals surface area contributed by atoms with Gasteiger partial charge in [-0.15, -0.1) is 0 Å². The number of hydrogen-bond donors (Lipinski definition) is 4. The van der Waals surface area contributed by atoms with Crippen molar-refractivity contribution in [1.82, 2.24) is 5.32 Å². The number of nitrogens with one attached hydrogen (secondary N) is 1. The third kappa shape index (κ3) is 5.10. The van der Waals surface area contributed by atoms with Gasteiger partial charge >= 0.3 is 5.97 Å². The molecule has 0 radical (unpaired) electrons. The Bertz CT molecular complexity index is 389. The van der Waals surface area contributed by atoms with Crippen molar-refractivity contribution < 1.29 is 29.2 Å². The van der Waals surface area contributed by atoms with Crippen LogP contribution in [0.1, 0.15) is 39.5 Å². The van der Waals surface area contributed by atoms with Gasteiger partial charge in [0.25, 0.3) is 0 Å². The van der Waals surface area contributed by atoms with E-state index < -0.39 is 36.3 Å². The number of nitrogens with two attached hydrogens (primary N) is 1. The summed E-state index contributed by atoms with van der Waals surface area (Å²) in [6, 6.07) is -0.691. The summed E-state index contributed by atoms with van der Waals surface area (Å²) in [6.07, 6.45) is 0.636. The summed E-state index contributed by atoms with van der Waals surface area (Å²) in [4.78, 5) is 11.2. The summed E-state index contributed by atoms with van der Waals surface area (Å²) in [7, 11) is 0. The second-order valence-corrected chi connectivity index (χ2v) is 6.60. The Balaban J connectivity index is 1.74. The highest BCUT2D eigenvalue weighted by atomic mass is 16.8. The highest BCUT2D eigenvalue weighted by molar-refractivity contribution is 5.73. The van der Waals surface area contributed by atoms with E-state index in [9.17, 15) is 15.0 Å². The van der Waals surface area contributed by atoms with Gasteiger partial charge < -0.3 is 35.5 Å². The van der Waals surface area contributed by atoms with Gasteiger partial charge in [-0.25, -0.2) is 0 Å². The molecule has 0 saturated carbocycles. The van der Waals surface area contributed by atoms with Crippen LogP contribution in [0.3, 0.4) is 0 Å². The van der Waals surface area contributed by atoms with Crippen molar-refractivity contribution >= 4 is 5.97 Å². The second kappa shape index (κ2) is 7.87. The number of fused-ring (bicyclic) bond motifs is 1. The van der Waals surface area contributed by atoms with Gasteiger partial charge in [-0.05, 0) is 33.2 Å². The first-order valence-corrected chi connectivity index (χ1v) is 8.18. The molecule has 0 aromatic carbocycles. The first-order valence-electron chi connectivity index (χ1n) is 8.18. The summed E-state index contributed by atoms with van der Waals surface area (Å²) in [5.74, 6) is -1.59. The van der Waals surface area contributed by atoms with Crippen molar-refractivity contribution in [2.24, 2.45) is 5.73 Å². The van der Waals surface area contributed by atoms with E-state index in [1.54, 1.807) is 0 Å². The van der Waals surface area contributed by atoms with Crippen LogP contribution < -0.4 is 11.1 Å². The molecule has 0 aromatic heterocycles. The first kappa shape index (κ1) is 18.6. The molecular formula is C15H28N2O6. The maximum atomic E-state index is 11.2. The van der Waals surface area contributed by atoms with Crippen molar-refractivity contribution in [2.45, 2.75) is 76.0 Å². The lowest BCUT2D eigenvalue weighted by molar-refractivity contribution is -0.213. The summed E-state index contributed by atoms with van der Waals surface area (Å²) in [5, 5.41) is 22.3. The number of rotatable bonds is 9. The zero-order valence-electron chi connectivity index (χ0n) is 13.7. The van der Waals surface area contributed by atoms with Crippen LogP contribution in [0.4, 0.5) is 0 Å². The predicted octanol–water partition coefficient (Wildman–Crippen LogP) is -0.214. The van der Waals surface area contributed by atoms with Crippen LogP contribution in [-0.2, 0) is 19.0 Å². The molecule has 134 valence electrons. The van der Waals surface area contributed by atoms with E-state index >= 15 is 0 Å². The minimum atomic E-state index is -0.924. The molecular weight excluding hydrogens is 304 g/mol. The van der Waals surface area contributed by atoms with Crippen LogP contribution in [0.5, 0.6) is 0 Å². The Hall–Kier alpha value is -0.770. The minimum Gasteiger partial charge on any atom is -0.480 e. The molecule has 8 heteroatoms. The Morgan fingerprint density at radius 3 is 2.74 bits per heavy atom. The number of aliphatic carboxylic acids is 1. The topological polar surface area (TPSA) is 123 Å². The van der Waals surface area contributed by atoms with Crippen molar-refractivity contribution in [1.29, 1.82) is 0 Å². The number of ether oxygens (including phenoxy) is 3. The maximum Gasteiger partial charge on any atom is 0.320 e. The van der Waals surface area contributed by atoms with E-state index in [0.29, 0.717) is 19.4 Å². The molecule has 2 heterocycles. The fraction of sp³-hybridized carbons (Fsp3) is 0.933. The second-order valence-electron chi connectivity index (χ2n) is 6.60. The lowest BCUT2D eigenvalue weighted by atomic mass is 10.1. The van der Waals surface area contributed by atoms with Gasteiger partial charge in [-0.1, -0.05) is 6.42 Å². The van der Waals surface area contributed by atoms with E-state index in [-0.39, 0.29) is 12.6 Å². The molecule has 23 heavy (non-hydrogen) atoms. The molecule has 0 unspecified atom stereocenters. The number of carboxylic acids is 1. The van der Waals surface area contributed by atoms with Gasteiger partial charge in [0.05, 0.1) is 12.2 Å².